The third-order valence-electron chi connectivity index (χ3n) is 2.83. The van der Waals surface area contributed by atoms with Gasteiger partial charge in [0.1, 0.15) is 18.5 Å². The maximum Gasteiger partial charge on any atom is 0.372 e. The Labute approximate surface area is 111 Å². The minimum atomic E-state index is -0.337. The van der Waals surface area contributed by atoms with Crippen molar-refractivity contribution < 1.29 is 4.79 Å². The number of carbonyl (C=O) groups is 1. The van der Waals surface area contributed by atoms with Gasteiger partial charge in [-0.15, -0.1) is 5.10 Å². The molecule has 0 bridgehead atoms. The van der Waals surface area contributed by atoms with Crippen molar-refractivity contribution in [2.75, 3.05) is 0 Å². The zero-order valence-electron chi connectivity index (χ0n) is 11.3. The lowest BCUT2D eigenvalue weighted by Gasteiger charge is -2.03. The highest BCUT2D eigenvalue weighted by molar-refractivity contribution is 5.77. The molecule has 0 unspecified atom stereocenters. The van der Waals surface area contributed by atoms with Crippen LogP contribution in [0.3, 0.4) is 0 Å². The molecule has 0 aromatic carbocycles. The van der Waals surface area contributed by atoms with Gasteiger partial charge in [-0.1, -0.05) is 26.7 Å². The highest BCUT2D eigenvalue weighted by Gasteiger charge is 2.17. The van der Waals surface area contributed by atoms with Gasteiger partial charge in [0.15, 0.2) is 5.82 Å². The maximum absolute atomic E-state index is 12.2. The molecule has 0 saturated heterocycles. The first kappa shape index (κ1) is 13.4. The van der Waals surface area contributed by atoms with Crippen molar-refractivity contribution in [1.82, 2.24) is 29.5 Å². The van der Waals surface area contributed by atoms with E-state index in [0.717, 1.165) is 30.4 Å². The van der Waals surface area contributed by atoms with Gasteiger partial charge in [0.25, 0.3) is 0 Å². The Kier molecular flexibility index (Phi) is 4.38. The third-order valence-corrected chi connectivity index (χ3v) is 2.83. The predicted octanol–water partition coefficient (Wildman–Crippen LogP) is 1.68. The first-order chi connectivity index (χ1) is 9.26. The van der Waals surface area contributed by atoms with Gasteiger partial charge in [-0.3, -0.25) is 0 Å². The van der Waals surface area contributed by atoms with Crippen LogP contribution in [0.5, 0.6) is 0 Å². The van der Waals surface area contributed by atoms with Gasteiger partial charge in [-0.05, 0) is 6.42 Å². The number of carbonyl (C=O) groups excluding carboxylic acids is 1. The Morgan fingerprint density at radius 2 is 2.16 bits per heavy atom. The summed E-state index contributed by atoms with van der Waals surface area (Å²) in [6.45, 7) is 4.11. The molecule has 2 heterocycles. The van der Waals surface area contributed by atoms with E-state index in [-0.39, 0.29) is 6.03 Å². The van der Waals surface area contributed by atoms with E-state index in [4.69, 9.17) is 0 Å². The van der Waals surface area contributed by atoms with Crippen LogP contribution in [0.25, 0.3) is 0 Å². The summed E-state index contributed by atoms with van der Waals surface area (Å²) >= 11 is 0. The molecule has 0 aliphatic rings. The molecule has 2 aromatic heterocycles. The number of hydrogen-bond acceptors (Lipinski definition) is 5. The number of rotatable bonds is 5. The predicted molar refractivity (Wildman–Crippen MR) is 68.8 cm³/mol. The molecular weight excluding hydrogens is 244 g/mol. The maximum atomic E-state index is 12.2. The molecule has 0 N–H and O–H groups in total. The molecule has 0 aliphatic heterocycles. The summed E-state index contributed by atoms with van der Waals surface area (Å²) in [7, 11) is 0. The molecule has 0 saturated carbocycles. The van der Waals surface area contributed by atoms with E-state index in [9.17, 15) is 4.79 Å². The second kappa shape index (κ2) is 6.21. The Balaban J connectivity index is 2.22. The molecule has 0 aliphatic carbocycles. The van der Waals surface area contributed by atoms with Crippen molar-refractivity contribution in [2.24, 2.45) is 0 Å². The van der Waals surface area contributed by atoms with Crippen LogP contribution >= 0.6 is 0 Å². The first-order valence-electron chi connectivity index (χ1n) is 6.60. The van der Waals surface area contributed by atoms with Gasteiger partial charge in [0.2, 0.25) is 0 Å². The zero-order valence-corrected chi connectivity index (χ0v) is 11.3. The number of unbranched alkanes of at least 4 members (excludes halogenated alkanes) is 2. The van der Waals surface area contributed by atoms with Crippen molar-refractivity contribution >= 4 is 6.03 Å². The molecule has 0 radical (unpaired) electrons. The van der Waals surface area contributed by atoms with Crippen LogP contribution in [-0.4, -0.2) is 35.6 Å². The topological polar surface area (TPSA) is 78.5 Å². The van der Waals surface area contributed by atoms with Gasteiger partial charge < -0.3 is 0 Å². The van der Waals surface area contributed by atoms with Gasteiger partial charge in [0.05, 0.1) is 0 Å². The quantitative estimate of drug-likeness (QED) is 0.766. The van der Waals surface area contributed by atoms with E-state index in [1.165, 1.54) is 17.3 Å². The molecule has 0 atom stereocenters. The molecule has 19 heavy (non-hydrogen) atoms. The Hall–Kier alpha value is -2.05. The monoisotopic (exact) mass is 262 g/mol. The number of aryl methyl sites for hydroxylation is 2. The zero-order chi connectivity index (χ0) is 13.7. The van der Waals surface area contributed by atoms with Crippen LogP contribution in [-0.2, 0) is 12.8 Å². The van der Waals surface area contributed by atoms with Crippen molar-refractivity contribution in [1.29, 1.82) is 0 Å². The van der Waals surface area contributed by atoms with Crippen LogP contribution in [0.1, 0.15) is 44.8 Å². The first-order valence-corrected chi connectivity index (χ1v) is 6.60. The van der Waals surface area contributed by atoms with Crippen LogP contribution < -0.4 is 0 Å². The van der Waals surface area contributed by atoms with Crippen LogP contribution in [0, 0.1) is 0 Å². The van der Waals surface area contributed by atoms with Crippen molar-refractivity contribution in [3.63, 3.8) is 0 Å². The highest BCUT2D eigenvalue weighted by Crippen LogP contribution is 2.07. The standard InChI is InChI=1S/C12H18N6O/c1-3-5-6-7-11-15-10(4-2)16-18(11)12(19)17-9-13-8-14-17/h8-9H,3-7H2,1-2H3. The fraction of sp³-hybridized carbons (Fsp3) is 0.583. The van der Waals surface area contributed by atoms with E-state index >= 15 is 0 Å². The normalized spacial score (nSPS) is 10.8. The summed E-state index contributed by atoms with van der Waals surface area (Å²) < 4.78 is 2.50. The van der Waals surface area contributed by atoms with E-state index in [0.29, 0.717) is 18.1 Å². The molecular formula is C12H18N6O. The van der Waals surface area contributed by atoms with E-state index in [2.05, 4.69) is 27.1 Å². The number of hydrogen-bond donors (Lipinski definition) is 0. The van der Waals surface area contributed by atoms with Gasteiger partial charge in [-0.2, -0.15) is 14.5 Å². The fourth-order valence-electron chi connectivity index (χ4n) is 1.79. The Morgan fingerprint density at radius 1 is 1.32 bits per heavy atom. The largest absolute Gasteiger partial charge is 0.372 e. The van der Waals surface area contributed by atoms with Gasteiger partial charge >= 0.3 is 6.03 Å². The minimum Gasteiger partial charge on any atom is -0.243 e. The van der Waals surface area contributed by atoms with E-state index < -0.39 is 0 Å². The lowest BCUT2D eigenvalue weighted by Crippen LogP contribution is -2.23. The molecule has 102 valence electrons. The second-order valence-corrected chi connectivity index (χ2v) is 4.29. The smallest absolute Gasteiger partial charge is 0.243 e. The summed E-state index contributed by atoms with van der Waals surface area (Å²) in [6, 6.07) is -0.337. The van der Waals surface area contributed by atoms with Gasteiger partial charge in [0, 0.05) is 12.8 Å². The van der Waals surface area contributed by atoms with Crippen LogP contribution in [0.15, 0.2) is 12.7 Å². The SMILES string of the molecule is CCCCCc1nc(CC)nn1C(=O)n1cncn1. The molecule has 2 aromatic rings. The van der Waals surface area contributed by atoms with Crippen LogP contribution in [0.2, 0.25) is 0 Å². The average Bonchev–Trinajstić information content (AvgIpc) is 3.07. The third kappa shape index (κ3) is 3.04. The number of nitrogens with zero attached hydrogens (tertiary/aromatic N) is 6. The fourth-order valence-corrected chi connectivity index (χ4v) is 1.79. The Morgan fingerprint density at radius 3 is 2.79 bits per heavy atom. The summed E-state index contributed by atoms with van der Waals surface area (Å²) in [5, 5.41) is 8.06. The molecule has 0 amide bonds. The summed E-state index contributed by atoms with van der Waals surface area (Å²) in [6.07, 6.45) is 7.40. The lowest BCUT2D eigenvalue weighted by atomic mass is 10.2. The number of aromatic nitrogens is 6. The summed E-state index contributed by atoms with van der Waals surface area (Å²) in [5.74, 6) is 1.38. The van der Waals surface area contributed by atoms with Gasteiger partial charge in [-0.25, -0.2) is 14.8 Å². The van der Waals surface area contributed by atoms with Crippen molar-refractivity contribution in [3.05, 3.63) is 24.3 Å². The summed E-state index contributed by atoms with van der Waals surface area (Å²) in [4.78, 5) is 20.4. The lowest BCUT2D eigenvalue weighted by molar-refractivity contribution is 0.237. The second-order valence-electron chi connectivity index (χ2n) is 4.29. The molecule has 0 fully saturated rings. The Bertz CT molecular complexity index is 530. The molecule has 2 rings (SSSR count). The summed E-state index contributed by atoms with van der Waals surface area (Å²) in [5.41, 5.74) is 0. The van der Waals surface area contributed by atoms with E-state index in [1.807, 2.05) is 6.92 Å². The minimum absolute atomic E-state index is 0.337. The van der Waals surface area contributed by atoms with Crippen molar-refractivity contribution in [3.8, 4) is 0 Å². The highest BCUT2D eigenvalue weighted by atomic mass is 16.2. The molecule has 7 nitrogen and oxygen atoms in total. The van der Waals surface area contributed by atoms with E-state index in [1.54, 1.807) is 0 Å². The molecule has 0 spiro atoms. The molecule has 7 heteroatoms. The van der Waals surface area contributed by atoms with Crippen molar-refractivity contribution in [2.45, 2.75) is 46.0 Å². The average molecular weight is 262 g/mol. The van der Waals surface area contributed by atoms with Crippen LogP contribution in [0.4, 0.5) is 4.79 Å².